The summed E-state index contributed by atoms with van der Waals surface area (Å²) in [6.07, 6.45) is 4.89. The first-order chi connectivity index (χ1) is 12.1. The molecule has 0 unspecified atom stereocenters. The summed E-state index contributed by atoms with van der Waals surface area (Å²) in [7, 11) is 3.69. The molecule has 0 radical (unpaired) electrons. The standard InChI is InChI=1S/C18H18N6O/c1-13-4-6-15(7-5-13)24-18(20-21-22-24)16(12-23(2)3)17(25)14-8-10-19-11-9-14/h4-12H,1-3H3. The van der Waals surface area contributed by atoms with Crippen LogP contribution < -0.4 is 0 Å². The number of benzene rings is 1. The molecule has 2 aromatic heterocycles. The Morgan fingerprint density at radius 3 is 2.40 bits per heavy atom. The number of nitrogens with zero attached hydrogens (tertiary/aromatic N) is 6. The van der Waals surface area contributed by atoms with Crippen LogP contribution in [0.25, 0.3) is 11.3 Å². The minimum absolute atomic E-state index is 0.167. The highest BCUT2D eigenvalue weighted by molar-refractivity contribution is 6.28. The number of carbonyl (C=O) groups excluding carboxylic acids is 1. The Hall–Kier alpha value is -3.35. The molecule has 3 aromatic rings. The van der Waals surface area contributed by atoms with E-state index in [0.29, 0.717) is 17.0 Å². The molecule has 1 aromatic carbocycles. The van der Waals surface area contributed by atoms with Crippen LogP contribution in [0.15, 0.2) is 55.0 Å². The summed E-state index contributed by atoms with van der Waals surface area (Å²) in [5.41, 5.74) is 2.86. The van der Waals surface area contributed by atoms with Gasteiger partial charge in [0.2, 0.25) is 0 Å². The number of Topliss-reactive ketones (excluding diaryl/α,β-unsaturated/α-hetero) is 1. The first-order valence-corrected chi connectivity index (χ1v) is 7.75. The number of rotatable bonds is 5. The van der Waals surface area contributed by atoms with Gasteiger partial charge in [-0.3, -0.25) is 9.78 Å². The van der Waals surface area contributed by atoms with Crippen molar-refractivity contribution >= 4 is 11.4 Å². The molecule has 0 fully saturated rings. The second-order valence-electron chi connectivity index (χ2n) is 5.82. The average Bonchev–Trinajstić information content (AvgIpc) is 3.10. The maximum Gasteiger partial charge on any atom is 0.198 e. The zero-order valence-electron chi connectivity index (χ0n) is 14.3. The van der Waals surface area contributed by atoms with Crippen molar-refractivity contribution in [1.29, 1.82) is 0 Å². The van der Waals surface area contributed by atoms with E-state index in [9.17, 15) is 4.79 Å². The largest absolute Gasteiger partial charge is 0.383 e. The van der Waals surface area contributed by atoms with E-state index in [2.05, 4.69) is 20.5 Å². The third-order valence-corrected chi connectivity index (χ3v) is 3.56. The number of allylic oxidation sites excluding steroid dienone is 1. The van der Waals surface area contributed by atoms with E-state index in [1.54, 1.807) is 40.3 Å². The third-order valence-electron chi connectivity index (χ3n) is 3.56. The van der Waals surface area contributed by atoms with Gasteiger partial charge in [0.25, 0.3) is 0 Å². The van der Waals surface area contributed by atoms with E-state index in [-0.39, 0.29) is 5.78 Å². The van der Waals surface area contributed by atoms with Gasteiger partial charge >= 0.3 is 0 Å². The second kappa shape index (κ2) is 7.04. The van der Waals surface area contributed by atoms with Gasteiger partial charge in [0.1, 0.15) is 0 Å². The number of hydrogen-bond acceptors (Lipinski definition) is 6. The average molecular weight is 334 g/mol. The van der Waals surface area contributed by atoms with Crippen molar-refractivity contribution in [2.45, 2.75) is 6.92 Å². The number of aryl methyl sites for hydroxylation is 1. The van der Waals surface area contributed by atoms with E-state index in [4.69, 9.17) is 0 Å². The molecule has 0 saturated heterocycles. The second-order valence-corrected chi connectivity index (χ2v) is 5.82. The molecule has 0 atom stereocenters. The van der Waals surface area contributed by atoms with Crippen LogP contribution in [0.3, 0.4) is 0 Å². The van der Waals surface area contributed by atoms with E-state index in [1.807, 2.05) is 45.3 Å². The summed E-state index contributed by atoms with van der Waals surface area (Å²) in [6.45, 7) is 2.01. The molecule has 0 saturated carbocycles. The molecule has 7 nitrogen and oxygen atoms in total. The van der Waals surface area contributed by atoms with E-state index < -0.39 is 0 Å². The monoisotopic (exact) mass is 334 g/mol. The Morgan fingerprint density at radius 1 is 1.08 bits per heavy atom. The molecule has 3 rings (SSSR count). The van der Waals surface area contributed by atoms with E-state index in [1.165, 1.54) is 0 Å². The number of aromatic nitrogens is 5. The zero-order valence-corrected chi connectivity index (χ0v) is 14.3. The third kappa shape index (κ3) is 3.60. The van der Waals surface area contributed by atoms with Gasteiger partial charge in [-0.1, -0.05) is 17.7 Å². The van der Waals surface area contributed by atoms with Gasteiger partial charge in [-0.15, -0.1) is 5.10 Å². The normalized spacial score (nSPS) is 11.4. The first kappa shape index (κ1) is 16.5. The Balaban J connectivity index is 2.09. The lowest BCUT2D eigenvalue weighted by Crippen LogP contribution is -2.13. The number of tetrazole rings is 1. The molecule has 0 aliphatic rings. The van der Waals surface area contributed by atoms with Gasteiger partial charge in [0.15, 0.2) is 11.6 Å². The molecule has 0 N–H and O–H groups in total. The minimum Gasteiger partial charge on any atom is -0.383 e. The Kier molecular flexibility index (Phi) is 4.65. The van der Waals surface area contributed by atoms with Gasteiger partial charge in [0, 0.05) is 38.3 Å². The van der Waals surface area contributed by atoms with Crippen LogP contribution in [0.1, 0.15) is 21.7 Å². The molecule has 7 heteroatoms. The van der Waals surface area contributed by atoms with Crippen molar-refractivity contribution < 1.29 is 4.79 Å². The minimum atomic E-state index is -0.167. The lowest BCUT2D eigenvalue weighted by molar-refractivity contribution is 0.105. The van der Waals surface area contributed by atoms with E-state index >= 15 is 0 Å². The topological polar surface area (TPSA) is 76.8 Å². The van der Waals surface area contributed by atoms with Crippen LogP contribution in [0.2, 0.25) is 0 Å². The predicted molar refractivity (Wildman–Crippen MR) is 94.1 cm³/mol. The van der Waals surface area contributed by atoms with E-state index in [0.717, 1.165) is 11.3 Å². The SMILES string of the molecule is Cc1ccc(-n2nnnc2C(=CN(C)C)C(=O)c2ccncc2)cc1. The van der Waals surface area contributed by atoms with Crippen molar-refractivity contribution in [3.8, 4) is 5.69 Å². The molecule has 0 amide bonds. The summed E-state index contributed by atoms with van der Waals surface area (Å²) in [5.74, 6) is 0.221. The number of ketones is 1. The molecule has 0 aliphatic heterocycles. The summed E-state index contributed by atoms with van der Waals surface area (Å²) in [6, 6.07) is 11.1. The summed E-state index contributed by atoms with van der Waals surface area (Å²) >= 11 is 0. The smallest absolute Gasteiger partial charge is 0.198 e. The maximum absolute atomic E-state index is 13.0. The van der Waals surface area contributed by atoms with Gasteiger partial charge in [-0.25, -0.2) is 0 Å². The van der Waals surface area contributed by atoms with Gasteiger partial charge in [-0.2, -0.15) is 4.68 Å². The lowest BCUT2D eigenvalue weighted by Gasteiger charge is -2.12. The summed E-state index contributed by atoms with van der Waals surface area (Å²) in [4.78, 5) is 18.7. The molecule has 2 heterocycles. The number of pyridine rings is 1. The fourth-order valence-electron chi connectivity index (χ4n) is 2.35. The first-order valence-electron chi connectivity index (χ1n) is 7.75. The van der Waals surface area contributed by atoms with Crippen LogP contribution >= 0.6 is 0 Å². The quantitative estimate of drug-likeness (QED) is 0.526. The highest BCUT2D eigenvalue weighted by atomic mass is 16.1. The summed E-state index contributed by atoms with van der Waals surface area (Å²) in [5, 5.41) is 11.9. The van der Waals surface area contributed by atoms with Crippen molar-refractivity contribution in [2.24, 2.45) is 0 Å². The molecular weight excluding hydrogens is 316 g/mol. The number of carbonyl (C=O) groups is 1. The predicted octanol–water partition coefficient (Wildman–Crippen LogP) is 2.15. The van der Waals surface area contributed by atoms with Crippen molar-refractivity contribution in [3.63, 3.8) is 0 Å². The van der Waals surface area contributed by atoms with Gasteiger partial charge < -0.3 is 4.90 Å². The molecule has 0 spiro atoms. The van der Waals surface area contributed by atoms with Crippen LogP contribution in [0.4, 0.5) is 0 Å². The van der Waals surface area contributed by atoms with Crippen LogP contribution in [0.5, 0.6) is 0 Å². The van der Waals surface area contributed by atoms with Crippen LogP contribution in [-0.4, -0.2) is 50.0 Å². The summed E-state index contributed by atoms with van der Waals surface area (Å²) < 4.78 is 1.56. The molecule has 0 bridgehead atoms. The highest BCUT2D eigenvalue weighted by Gasteiger charge is 2.22. The highest BCUT2D eigenvalue weighted by Crippen LogP contribution is 2.20. The van der Waals surface area contributed by atoms with Crippen LogP contribution in [0, 0.1) is 6.92 Å². The van der Waals surface area contributed by atoms with Crippen molar-refractivity contribution in [1.82, 2.24) is 30.1 Å². The fraction of sp³-hybridized carbons (Fsp3) is 0.167. The number of hydrogen-bond donors (Lipinski definition) is 0. The molecule has 0 aliphatic carbocycles. The fourth-order valence-corrected chi connectivity index (χ4v) is 2.35. The van der Waals surface area contributed by atoms with Crippen LogP contribution in [-0.2, 0) is 0 Å². The molecule has 126 valence electrons. The zero-order chi connectivity index (χ0) is 17.8. The Morgan fingerprint density at radius 2 is 1.76 bits per heavy atom. The van der Waals surface area contributed by atoms with Gasteiger partial charge in [-0.05, 0) is 41.6 Å². The van der Waals surface area contributed by atoms with Crippen molar-refractivity contribution in [2.75, 3.05) is 14.1 Å². The molecular formula is C18H18N6O. The lowest BCUT2D eigenvalue weighted by atomic mass is 10.0. The Labute approximate surface area is 145 Å². The maximum atomic E-state index is 13.0. The molecule has 25 heavy (non-hydrogen) atoms. The Bertz CT molecular complexity index is 897. The van der Waals surface area contributed by atoms with Crippen molar-refractivity contribution in [3.05, 3.63) is 71.9 Å². The van der Waals surface area contributed by atoms with Gasteiger partial charge in [0.05, 0.1) is 11.3 Å².